The molecule has 0 aliphatic heterocycles. The maximum absolute atomic E-state index is 11.7. The van der Waals surface area contributed by atoms with Crippen LogP contribution in [0.1, 0.15) is 0 Å². The number of rotatable bonds is 5. The van der Waals surface area contributed by atoms with E-state index in [4.69, 9.17) is 4.43 Å². The minimum absolute atomic E-state index is 0.0457. The lowest BCUT2D eigenvalue weighted by molar-refractivity contribution is -0.136. The molecule has 0 unspecified atom stereocenters. The topological polar surface area (TPSA) is 81.9 Å². The number of hydrogen-bond donors (Lipinski definition) is 1. The van der Waals surface area contributed by atoms with Crippen LogP contribution in [0.15, 0.2) is 0 Å². The molecule has 0 aromatic carbocycles. The lowest BCUT2D eigenvalue weighted by Gasteiger charge is -2.19. The minimum atomic E-state index is -1.86. The Hall–Kier alpha value is -1.23. The standard InChI is InChI=1S/C9H21N5O2Si2/c1-17(2,3)11-9-10-12-13-14(9)7-8(15)16-18(4,5)6/h7H2,1-6H3,(H,10,11,13). The Morgan fingerprint density at radius 3 is 2.39 bits per heavy atom. The Morgan fingerprint density at radius 1 is 1.28 bits per heavy atom. The number of carbonyl (C=O) groups excluding carboxylic acids is 1. The molecule has 1 heterocycles. The molecule has 0 spiro atoms. The van der Waals surface area contributed by atoms with Gasteiger partial charge in [-0.05, 0) is 30.1 Å². The molecule has 1 aromatic rings. The van der Waals surface area contributed by atoms with Crippen molar-refractivity contribution in [2.45, 2.75) is 45.8 Å². The average molecular weight is 287 g/mol. The van der Waals surface area contributed by atoms with E-state index in [1.807, 2.05) is 19.6 Å². The van der Waals surface area contributed by atoms with E-state index in [2.05, 4.69) is 40.1 Å². The largest absolute Gasteiger partial charge is 0.519 e. The van der Waals surface area contributed by atoms with Crippen LogP contribution in [-0.4, -0.2) is 42.7 Å². The van der Waals surface area contributed by atoms with E-state index >= 15 is 0 Å². The summed E-state index contributed by atoms with van der Waals surface area (Å²) in [4.78, 5) is 15.0. The van der Waals surface area contributed by atoms with Crippen LogP contribution in [0.25, 0.3) is 0 Å². The van der Waals surface area contributed by atoms with Crippen LogP contribution in [0.4, 0.5) is 5.95 Å². The SMILES string of the molecule is C[Si](C)(C)Nc1nnnn1CC(=O)O[Si](C)(C)C. The molecule has 0 fully saturated rings. The van der Waals surface area contributed by atoms with Crippen molar-refractivity contribution in [1.82, 2.24) is 20.2 Å². The number of nitrogens with zero attached hydrogens (tertiary/aromatic N) is 4. The van der Waals surface area contributed by atoms with Gasteiger partial charge in [0.15, 0.2) is 0 Å². The predicted octanol–water partition coefficient (Wildman–Crippen LogP) is 1.30. The quantitative estimate of drug-likeness (QED) is 0.822. The van der Waals surface area contributed by atoms with E-state index in [0.29, 0.717) is 5.95 Å². The Balaban J connectivity index is 2.69. The van der Waals surface area contributed by atoms with Crippen molar-refractivity contribution in [3.05, 3.63) is 0 Å². The molecule has 1 aromatic heterocycles. The highest BCUT2D eigenvalue weighted by Crippen LogP contribution is 2.09. The van der Waals surface area contributed by atoms with Crippen LogP contribution < -0.4 is 4.98 Å². The van der Waals surface area contributed by atoms with Crippen molar-refractivity contribution in [3.8, 4) is 0 Å². The number of aromatic nitrogens is 4. The molecule has 0 saturated carbocycles. The van der Waals surface area contributed by atoms with Crippen LogP contribution in [0.5, 0.6) is 0 Å². The van der Waals surface area contributed by atoms with Gasteiger partial charge >= 0.3 is 5.97 Å². The molecule has 7 nitrogen and oxygen atoms in total. The fraction of sp³-hybridized carbons (Fsp3) is 0.778. The number of nitrogens with one attached hydrogen (secondary N) is 1. The van der Waals surface area contributed by atoms with Gasteiger partial charge in [-0.1, -0.05) is 24.7 Å². The predicted molar refractivity (Wildman–Crippen MR) is 74.2 cm³/mol. The van der Waals surface area contributed by atoms with Crippen molar-refractivity contribution < 1.29 is 9.22 Å². The first-order valence-corrected chi connectivity index (χ1v) is 12.7. The summed E-state index contributed by atoms with van der Waals surface area (Å²) in [6, 6.07) is 0. The molecular formula is C9H21N5O2Si2. The zero-order valence-electron chi connectivity index (χ0n) is 11.8. The van der Waals surface area contributed by atoms with Gasteiger partial charge < -0.3 is 9.41 Å². The normalized spacial score (nSPS) is 12.3. The molecule has 18 heavy (non-hydrogen) atoms. The molecule has 0 saturated heterocycles. The zero-order valence-corrected chi connectivity index (χ0v) is 13.8. The maximum atomic E-state index is 11.7. The second-order valence-electron chi connectivity index (χ2n) is 6.12. The van der Waals surface area contributed by atoms with Crippen LogP contribution in [0.3, 0.4) is 0 Å². The molecule has 0 atom stereocenters. The van der Waals surface area contributed by atoms with Crippen molar-refractivity contribution in [2.24, 2.45) is 0 Å². The van der Waals surface area contributed by atoms with Crippen LogP contribution in [0, 0.1) is 0 Å². The minimum Gasteiger partial charge on any atom is -0.519 e. The number of tetrazole rings is 1. The highest BCUT2D eigenvalue weighted by Gasteiger charge is 2.22. The highest BCUT2D eigenvalue weighted by molar-refractivity contribution is 6.79. The first-order valence-electron chi connectivity index (χ1n) is 5.83. The van der Waals surface area contributed by atoms with Gasteiger partial charge in [0, 0.05) is 0 Å². The Morgan fingerprint density at radius 2 is 1.89 bits per heavy atom. The molecule has 0 aliphatic rings. The Labute approximate surface area is 109 Å². The number of hydrogen-bond acceptors (Lipinski definition) is 6. The fourth-order valence-corrected chi connectivity index (χ4v) is 2.83. The first kappa shape index (κ1) is 14.8. The molecule has 0 bridgehead atoms. The second-order valence-corrected chi connectivity index (χ2v) is 15.3. The lowest BCUT2D eigenvalue weighted by Crippen LogP contribution is -2.35. The summed E-state index contributed by atoms with van der Waals surface area (Å²) >= 11 is 0. The summed E-state index contributed by atoms with van der Waals surface area (Å²) in [5.41, 5.74) is 0. The van der Waals surface area contributed by atoms with Crippen LogP contribution >= 0.6 is 0 Å². The van der Waals surface area contributed by atoms with Crippen molar-refractivity contribution >= 4 is 28.5 Å². The fourth-order valence-electron chi connectivity index (χ4n) is 1.23. The molecule has 9 heteroatoms. The summed E-state index contributed by atoms with van der Waals surface area (Å²) in [7, 11) is -3.41. The van der Waals surface area contributed by atoms with Gasteiger partial charge in [0.2, 0.25) is 14.3 Å². The van der Waals surface area contributed by atoms with Gasteiger partial charge in [-0.2, -0.15) is 0 Å². The molecule has 0 aliphatic carbocycles. The van der Waals surface area contributed by atoms with Crippen LogP contribution in [-0.2, 0) is 15.8 Å². The van der Waals surface area contributed by atoms with Gasteiger partial charge in [-0.15, -0.1) is 0 Å². The smallest absolute Gasteiger partial charge is 0.314 e. The third kappa shape index (κ3) is 5.40. The molecule has 0 radical (unpaired) electrons. The third-order valence-corrected chi connectivity index (χ3v) is 3.53. The maximum Gasteiger partial charge on any atom is 0.314 e. The van der Waals surface area contributed by atoms with Crippen molar-refractivity contribution in [1.29, 1.82) is 0 Å². The molecule has 1 rings (SSSR count). The van der Waals surface area contributed by atoms with E-state index in [1.54, 1.807) is 0 Å². The van der Waals surface area contributed by atoms with Gasteiger partial charge in [0.25, 0.3) is 0 Å². The lowest BCUT2D eigenvalue weighted by atomic mass is 10.7. The van der Waals surface area contributed by atoms with Gasteiger partial charge in [0.05, 0.1) is 0 Å². The van der Waals surface area contributed by atoms with Gasteiger partial charge in [-0.25, -0.2) is 4.68 Å². The zero-order chi connectivity index (χ0) is 14.0. The first-order chi connectivity index (χ1) is 8.07. The van der Waals surface area contributed by atoms with Crippen molar-refractivity contribution in [3.63, 3.8) is 0 Å². The third-order valence-electron chi connectivity index (χ3n) is 1.72. The summed E-state index contributed by atoms with van der Waals surface area (Å²) in [5, 5.41) is 11.3. The molecule has 0 amide bonds. The number of carbonyl (C=O) groups is 1. The molecular weight excluding hydrogens is 266 g/mol. The number of anilines is 1. The van der Waals surface area contributed by atoms with E-state index in [1.165, 1.54) is 4.68 Å². The second kappa shape index (κ2) is 5.18. The van der Waals surface area contributed by atoms with Crippen molar-refractivity contribution in [2.75, 3.05) is 4.98 Å². The Kier molecular flexibility index (Phi) is 4.27. The van der Waals surface area contributed by atoms with E-state index in [-0.39, 0.29) is 12.5 Å². The van der Waals surface area contributed by atoms with E-state index in [0.717, 1.165) is 0 Å². The summed E-state index contributed by atoms with van der Waals surface area (Å²) in [5.74, 6) is 0.238. The summed E-state index contributed by atoms with van der Waals surface area (Å²) in [6.45, 7) is 12.3. The van der Waals surface area contributed by atoms with Crippen LogP contribution in [0.2, 0.25) is 39.3 Å². The summed E-state index contributed by atoms with van der Waals surface area (Å²) < 4.78 is 6.81. The molecule has 1 N–H and O–H groups in total. The molecule has 102 valence electrons. The van der Waals surface area contributed by atoms with E-state index < -0.39 is 16.6 Å². The average Bonchev–Trinajstić information content (AvgIpc) is 2.45. The summed E-state index contributed by atoms with van der Waals surface area (Å²) in [6.07, 6.45) is 0. The van der Waals surface area contributed by atoms with Gasteiger partial charge in [-0.3, -0.25) is 4.79 Å². The van der Waals surface area contributed by atoms with E-state index in [9.17, 15) is 4.79 Å². The van der Waals surface area contributed by atoms with Gasteiger partial charge in [0.1, 0.15) is 14.8 Å². The monoisotopic (exact) mass is 287 g/mol. The highest BCUT2D eigenvalue weighted by atomic mass is 28.4. The Bertz CT molecular complexity index is 421.